The molecule has 0 aliphatic rings. The van der Waals surface area contributed by atoms with Crippen molar-refractivity contribution in [3.63, 3.8) is 0 Å². The average Bonchev–Trinajstić information content (AvgIpc) is 3.17. The molecule has 0 aliphatic heterocycles. The van der Waals surface area contributed by atoms with E-state index in [4.69, 9.17) is 48.8 Å². The molecule has 0 bridgehead atoms. The molecule has 0 unspecified atom stereocenters. The molecular weight excluding hydrogens is 1000 g/mol. The number of nitrogens with one attached hydrogen (secondary N) is 2. The van der Waals surface area contributed by atoms with Crippen LogP contribution in [0.2, 0.25) is 15.3 Å². The van der Waals surface area contributed by atoms with Crippen LogP contribution in [-0.2, 0) is 40.5 Å². The molecule has 1 aromatic heterocycles. The predicted octanol–water partition coefficient (Wildman–Crippen LogP) is 3.46. The van der Waals surface area contributed by atoms with Gasteiger partial charge in [0, 0.05) is 17.9 Å². The van der Waals surface area contributed by atoms with E-state index in [1.807, 2.05) is 0 Å². The van der Waals surface area contributed by atoms with Gasteiger partial charge < -0.3 is 19.0 Å². The number of azo groups is 2. The minimum absolute atomic E-state index is 0. The maximum Gasteiger partial charge on any atom is 1.00 e. The second-order valence-corrected chi connectivity index (χ2v) is 19.5. The summed E-state index contributed by atoms with van der Waals surface area (Å²) in [5.41, 5.74) is -0.478. The van der Waals surface area contributed by atoms with E-state index >= 15 is 0 Å². The van der Waals surface area contributed by atoms with Crippen LogP contribution in [0.15, 0.2) is 113 Å². The van der Waals surface area contributed by atoms with E-state index in [2.05, 4.69) is 45.4 Å². The molecule has 0 saturated heterocycles. The van der Waals surface area contributed by atoms with Gasteiger partial charge >= 0.3 is 29.6 Å². The molecule has 23 nitrogen and oxygen atoms in total. The van der Waals surface area contributed by atoms with Gasteiger partial charge in [-0.15, -0.1) is 10.2 Å². The molecular formula is C33H29Cl3N9NaO14S4. The molecule has 0 radical (unpaired) electrons. The zero-order chi connectivity index (χ0) is 46.2. The third-order valence-electron chi connectivity index (χ3n) is 7.55. The van der Waals surface area contributed by atoms with Gasteiger partial charge in [-0.25, -0.2) is 18.4 Å². The second kappa shape index (κ2) is 22.3. The monoisotopic (exact) mass is 1030 g/mol. The molecule has 0 saturated carbocycles. The van der Waals surface area contributed by atoms with Crippen molar-refractivity contribution in [1.29, 1.82) is 0 Å². The number of nitrogens with zero attached hydrogens (tertiary/aromatic N) is 7. The predicted molar refractivity (Wildman–Crippen MR) is 223 cm³/mol. The Balaban J connectivity index is 0.00000898. The molecule has 0 aliphatic carbocycles. The molecule has 0 fully saturated rings. The molecule has 0 amide bonds. The summed E-state index contributed by atoms with van der Waals surface area (Å²) in [6.07, 6.45) is -0.388. The van der Waals surface area contributed by atoms with Gasteiger partial charge in [0.1, 0.15) is 34.2 Å². The number of ether oxygens (including phenoxy) is 2. The minimum Gasteiger partial charge on any atom is -0.748 e. The SMILES string of the molecule is O=S(=O)([O-])CCCOc1cc(N=Nc2cccc(S(=O)(=O)O)c2)c(Cl)cc1N=c1nc(Cl)[nH]c(=Nc2cc(Cl)c(N=Nc3cccc(S(=O)(=O)O)c3)cc2OCCCS(=O)(=O)O)[nH]1.[Na+]. The van der Waals surface area contributed by atoms with Crippen molar-refractivity contribution >= 4 is 109 Å². The van der Waals surface area contributed by atoms with Crippen LogP contribution in [0.3, 0.4) is 0 Å². The minimum atomic E-state index is -4.58. The van der Waals surface area contributed by atoms with Gasteiger partial charge in [0.15, 0.2) is 0 Å². The normalized spacial score (nSPS) is 13.1. The summed E-state index contributed by atoms with van der Waals surface area (Å²) in [4.78, 5) is 17.5. The Morgan fingerprint density at radius 2 is 1.08 bits per heavy atom. The molecule has 0 atom stereocenters. The van der Waals surface area contributed by atoms with E-state index in [-0.39, 0.29) is 128 Å². The van der Waals surface area contributed by atoms with Gasteiger partial charge in [0.05, 0.1) is 60.3 Å². The Bertz CT molecular complexity index is 3000. The molecule has 5 aromatic rings. The third kappa shape index (κ3) is 16.7. The smallest absolute Gasteiger partial charge is 0.748 e. The van der Waals surface area contributed by atoms with Crippen molar-refractivity contribution in [2.24, 2.45) is 30.4 Å². The van der Waals surface area contributed by atoms with Crippen molar-refractivity contribution in [2.45, 2.75) is 22.6 Å². The zero-order valence-corrected chi connectivity index (χ0v) is 39.9. The first kappa shape index (κ1) is 52.4. The van der Waals surface area contributed by atoms with Crippen molar-refractivity contribution in [1.82, 2.24) is 15.0 Å². The Morgan fingerprint density at radius 3 is 1.53 bits per heavy atom. The molecule has 64 heavy (non-hydrogen) atoms. The Labute approximate surface area is 400 Å². The van der Waals surface area contributed by atoms with E-state index in [0.717, 1.165) is 24.3 Å². The number of aromatic nitrogens is 3. The average molecular weight is 1030 g/mol. The van der Waals surface area contributed by atoms with Crippen LogP contribution in [0.25, 0.3) is 0 Å². The van der Waals surface area contributed by atoms with Crippen LogP contribution >= 0.6 is 34.8 Å². The number of rotatable bonds is 18. The fraction of sp³-hybridized carbons (Fsp3) is 0.182. The number of hydrogen-bond acceptors (Lipinski definition) is 18. The van der Waals surface area contributed by atoms with Gasteiger partial charge in [0.25, 0.3) is 30.4 Å². The third-order valence-corrected chi connectivity index (χ3v) is 11.6. The van der Waals surface area contributed by atoms with Crippen molar-refractivity contribution in [3.8, 4) is 11.5 Å². The number of hydrogen-bond donors (Lipinski definition) is 5. The summed E-state index contributed by atoms with van der Waals surface area (Å²) < 4.78 is 142. The van der Waals surface area contributed by atoms with Gasteiger partial charge in [-0.3, -0.25) is 18.6 Å². The zero-order valence-electron chi connectivity index (χ0n) is 32.4. The van der Waals surface area contributed by atoms with Gasteiger partial charge in [-0.2, -0.15) is 40.5 Å². The summed E-state index contributed by atoms with van der Waals surface area (Å²) in [7, 11) is -18.0. The molecule has 4 aromatic carbocycles. The Kier molecular flexibility index (Phi) is 18.3. The van der Waals surface area contributed by atoms with E-state index in [1.165, 1.54) is 48.5 Å². The van der Waals surface area contributed by atoms with E-state index in [0.29, 0.717) is 0 Å². The first-order valence-corrected chi connectivity index (χ1v) is 24.4. The quantitative estimate of drug-likeness (QED) is 0.0363. The summed E-state index contributed by atoms with van der Waals surface area (Å²) in [6, 6.07) is 14.8. The molecule has 1 heterocycles. The standard InChI is InChI=1S/C33H30Cl3N9O14S4.Na/c34-23-15-27(29(58-9-3-11-60(46,47)48)17-25(23)44-42-19-5-1-7-21(13-19)62(52,53)54)37-32-39-31(36)40-33(41-32)38-28-16-24(35)26(18-30(28)59-10-4-12-61(49,50)51)45-43-20-6-2-8-22(14-20)63(55,56)57;/h1-2,5-8,13-18H,3-4,9-12H2,(H,46,47,48)(H,49,50,51)(H,52,53,54)(H,55,56,57)(H2,37,38,39,40,41);/q;+1/p-1. The van der Waals surface area contributed by atoms with Crippen molar-refractivity contribution < 1.29 is 90.9 Å². The maximum absolute atomic E-state index is 11.6. The molecule has 336 valence electrons. The molecule has 5 rings (SSSR count). The van der Waals surface area contributed by atoms with Crippen molar-refractivity contribution in [3.05, 3.63) is 99.4 Å². The number of halogens is 3. The van der Waals surface area contributed by atoms with Crippen molar-refractivity contribution in [2.75, 3.05) is 24.7 Å². The fourth-order valence-corrected chi connectivity index (χ4v) is 7.38. The van der Waals surface area contributed by atoms with Crippen LogP contribution in [-0.4, -0.2) is 91.6 Å². The number of benzene rings is 4. The maximum atomic E-state index is 11.6. The van der Waals surface area contributed by atoms with Crippen LogP contribution in [0.1, 0.15) is 12.8 Å². The van der Waals surface area contributed by atoms with Gasteiger partial charge in [0.2, 0.25) is 16.5 Å². The first-order valence-electron chi connectivity index (χ1n) is 17.2. The molecule has 31 heteroatoms. The fourth-order valence-electron chi connectivity index (χ4n) is 4.83. The van der Waals surface area contributed by atoms with Crippen LogP contribution < -0.4 is 50.3 Å². The van der Waals surface area contributed by atoms with E-state index in [9.17, 15) is 47.3 Å². The summed E-state index contributed by atoms with van der Waals surface area (Å²) in [5, 5.41) is 15.6. The van der Waals surface area contributed by atoms with Crippen LogP contribution in [0.4, 0.5) is 34.1 Å². The topological polar surface area (TPSA) is 357 Å². The summed E-state index contributed by atoms with van der Waals surface area (Å²) >= 11 is 19.3. The second-order valence-electron chi connectivity index (χ2n) is 12.4. The van der Waals surface area contributed by atoms with E-state index in [1.54, 1.807) is 0 Å². The summed E-state index contributed by atoms with van der Waals surface area (Å²) in [6.45, 7) is -0.571. The van der Waals surface area contributed by atoms with Gasteiger partial charge in [-0.05, 0) is 73.0 Å². The van der Waals surface area contributed by atoms with Gasteiger partial charge in [-0.1, -0.05) is 35.3 Å². The number of H-pyrrole nitrogens is 2. The summed E-state index contributed by atoms with van der Waals surface area (Å²) in [5.74, 6) is -1.53. The van der Waals surface area contributed by atoms with E-state index < -0.39 is 61.8 Å². The Morgan fingerprint density at radius 1 is 0.609 bits per heavy atom. The largest absolute Gasteiger partial charge is 1.00 e. The van der Waals surface area contributed by atoms with Crippen LogP contribution in [0.5, 0.6) is 11.5 Å². The first-order chi connectivity index (χ1) is 29.4. The molecule has 0 spiro atoms. The molecule has 5 N–H and O–H groups in total. The number of aromatic amines is 2. The Hall–Kier alpha value is -4.20. The van der Waals surface area contributed by atoms with Crippen LogP contribution in [0, 0.1) is 0 Å².